The molecule has 0 radical (unpaired) electrons. The first-order valence-corrected chi connectivity index (χ1v) is 7.03. The zero-order valence-electron chi connectivity index (χ0n) is 12.4. The highest BCUT2D eigenvalue weighted by Gasteiger charge is 2.53. The number of aliphatic hydroxyl groups is 2. The number of rotatable bonds is 4. The predicted molar refractivity (Wildman–Crippen MR) is 76.8 cm³/mol. The highest BCUT2D eigenvalue weighted by molar-refractivity contribution is 5.81. The van der Waals surface area contributed by atoms with E-state index in [1.54, 1.807) is 11.5 Å². The molecule has 1 aliphatic heterocycles. The van der Waals surface area contributed by atoms with Crippen molar-refractivity contribution in [2.45, 2.75) is 37.9 Å². The fraction of sp³-hybridized carbons (Fsp3) is 0.615. The maximum Gasteiger partial charge on any atom is 0.167 e. The molecule has 0 aromatic carbocycles. The lowest BCUT2D eigenvalue weighted by Gasteiger charge is -2.25. The third kappa shape index (κ3) is 2.13. The van der Waals surface area contributed by atoms with Crippen LogP contribution in [0.2, 0.25) is 0 Å². The van der Waals surface area contributed by atoms with Gasteiger partial charge in [-0.1, -0.05) is 0 Å². The Morgan fingerprint density at radius 3 is 2.91 bits per heavy atom. The highest BCUT2D eigenvalue weighted by atomic mass is 16.6. The van der Waals surface area contributed by atoms with Crippen molar-refractivity contribution in [2.24, 2.45) is 0 Å². The quantitative estimate of drug-likeness (QED) is 0.686. The molecule has 9 heteroatoms. The first-order valence-electron chi connectivity index (χ1n) is 7.03. The van der Waals surface area contributed by atoms with Gasteiger partial charge >= 0.3 is 0 Å². The summed E-state index contributed by atoms with van der Waals surface area (Å²) in [7, 11) is 0. The van der Waals surface area contributed by atoms with Gasteiger partial charge in [0.2, 0.25) is 0 Å². The molecule has 4 N–H and O–H groups in total. The van der Waals surface area contributed by atoms with Crippen molar-refractivity contribution in [3.63, 3.8) is 0 Å². The Morgan fingerprint density at radius 1 is 1.45 bits per heavy atom. The van der Waals surface area contributed by atoms with Crippen LogP contribution in [-0.4, -0.2) is 60.8 Å². The summed E-state index contributed by atoms with van der Waals surface area (Å²) in [6.07, 6.45) is 0.533. The number of imidazole rings is 1. The van der Waals surface area contributed by atoms with Crippen LogP contribution in [0, 0.1) is 0 Å². The molecule has 9 nitrogen and oxygen atoms in total. The van der Waals surface area contributed by atoms with Crippen molar-refractivity contribution in [1.29, 1.82) is 0 Å². The van der Waals surface area contributed by atoms with E-state index in [9.17, 15) is 10.2 Å². The summed E-state index contributed by atoms with van der Waals surface area (Å²) in [6, 6.07) is 0. The Labute approximate surface area is 126 Å². The second-order valence-electron chi connectivity index (χ2n) is 5.43. The van der Waals surface area contributed by atoms with Gasteiger partial charge in [0.15, 0.2) is 17.7 Å². The van der Waals surface area contributed by atoms with E-state index < -0.39 is 24.0 Å². The molecular weight excluding hydrogens is 290 g/mol. The summed E-state index contributed by atoms with van der Waals surface area (Å²) in [5.74, 6) is 0.264. The van der Waals surface area contributed by atoms with Crippen LogP contribution in [0.4, 0.5) is 5.82 Å². The van der Waals surface area contributed by atoms with E-state index in [2.05, 4.69) is 15.0 Å². The van der Waals surface area contributed by atoms with Gasteiger partial charge in [0, 0.05) is 6.61 Å². The van der Waals surface area contributed by atoms with E-state index in [-0.39, 0.29) is 12.4 Å². The zero-order chi connectivity index (χ0) is 15.9. The molecule has 0 saturated carbocycles. The molecule has 120 valence electrons. The van der Waals surface area contributed by atoms with Crippen LogP contribution in [0.15, 0.2) is 12.7 Å². The van der Waals surface area contributed by atoms with Crippen LogP contribution in [0.25, 0.3) is 11.2 Å². The third-order valence-electron chi connectivity index (χ3n) is 3.94. The normalized spacial score (nSPS) is 31.9. The van der Waals surface area contributed by atoms with Crippen LogP contribution < -0.4 is 5.73 Å². The maximum absolute atomic E-state index is 10.4. The molecule has 2 aromatic heterocycles. The lowest BCUT2D eigenvalue weighted by molar-refractivity contribution is -0.116. The minimum Gasteiger partial charge on any atom is -0.393 e. The molecule has 0 aliphatic carbocycles. The number of nitrogen functional groups attached to an aromatic ring is 1. The number of hydrogen-bond acceptors (Lipinski definition) is 8. The van der Waals surface area contributed by atoms with E-state index in [1.165, 1.54) is 12.7 Å². The molecule has 3 heterocycles. The third-order valence-corrected chi connectivity index (χ3v) is 3.94. The topological polar surface area (TPSA) is 129 Å². The molecule has 0 spiro atoms. The molecule has 0 amide bonds. The number of aliphatic hydroxyl groups excluding tert-OH is 2. The summed E-state index contributed by atoms with van der Waals surface area (Å²) in [5.41, 5.74) is 5.59. The number of ether oxygens (including phenoxy) is 2. The van der Waals surface area contributed by atoms with Crippen molar-refractivity contribution in [2.75, 3.05) is 18.9 Å². The standard InChI is InChI=1S/C13H19N5O4/c1-3-21-8-9(20)13(2,4-19)22-12(8)18-6-17-7-10(14)15-5-16-11(7)18/h5-6,8-9,12,19-20H,3-4H2,1-2H3,(H2,14,15,16)/t8?,9?,12?,13-/m1/s1. The van der Waals surface area contributed by atoms with E-state index in [0.717, 1.165) is 0 Å². The summed E-state index contributed by atoms with van der Waals surface area (Å²) in [6.45, 7) is 3.52. The van der Waals surface area contributed by atoms with Crippen molar-refractivity contribution < 1.29 is 19.7 Å². The number of aromatic nitrogens is 4. The van der Waals surface area contributed by atoms with Gasteiger partial charge in [-0.25, -0.2) is 15.0 Å². The number of hydrogen-bond donors (Lipinski definition) is 3. The Bertz CT molecular complexity index is 677. The molecule has 0 bridgehead atoms. The molecule has 3 rings (SSSR count). The molecular formula is C13H19N5O4. The molecule has 4 atom stereocenters. The average Bonchev–Trinajstić information content (AvgIpc) is 3.04. The van der Waals surface area contributed by atoms with E-state index >= 15 is 0 Å². The van der Waals surface area contributed by atoms with Crippen LogP contribution >= 0.6 is 0 Å². The number of fused-ring (bicyclic) bond motifs is 1. The van der Waals surface area contributed by atoms with E-state index in [4.69, 9.17) is 15.2 Å². The van der Waals surface area contributed by atoms with Crippen LogP contribution in [0.1, 0.15) is 20.1 Å². The minimum absolute atomic E-state index is 0.264. The summed E-state index contributed by atoms with van der Waals surface area (Å²) in [4.78, 5) is 12.3. The monoisotopic (exact) mass is 309 g/mol. The average molecular weight is 309 g/mol. The summed E-state index contributed by atoms with van der Waals surface area (Å²) in [5, 5.41) is 20.0. The summed E-state index contributed by atoms with van der Waals surface area (Å²) < 4.78 is 13.1. The largest absolute Gasteiger partial charge is 0.393 e. The maximum atomic E-state index is 10.4. The Morgan fingerprint density at radius 2 is 2.23 bits per heavy atom. The molecule has 22 heavy (non-hydrogen) atoms. The van der Waals surface area contributed by atoms with Crippen molar-refractivity contribution in [3.8, 4) is 0 Å². The van der Waals surface area contributed by atoms with Gasteiger partial charge in [-0.3, -0.25) is 4.57 Å². The number of nitrogens with two attached hydrogens (primary N) is 1. The molecule has 1 saturated heterocycles. The molecule has 2 aromatic rings. The Kier molecular flexibility index (Phi) is 3.73. The second kappa shape index (κ2) is 5.43. The lowest BCUT2D eigenvalue weighted by atomic mass is 9.98. The van der Waals surface area contributed by atoms with Gasteiger partial charge in [0.25, 0.3) is 0 Å². The Hall–Kier alpha value is -1.81. The highest BCUT2D eigenvalue weighted by Crippen LogP contribution is 2.39. The lowest BCUT2D eigenvalue weighted by Crippen LogP contribution is -2.44. The van der Waals surface area contributed by atoms with Crippen LogP contribution in [0.3, 0.4) is 0 Å². The van der Waals surface area contributed by atoms with Crippen molar-refractivity contribution >= 4 is 17.0 Å². The van der Waals surface area contributed by atoms with Gasteiger partial charge in [-0.05, 0) is 13.8 Å². The first-order chi connectivity index (χ1) is 10.5. The molecule has 1 aliphatic rings. The van der Waals surface area contributed by atoms with Gasteiger partial charge in [-0.2, -0.15) is 0 Å². The zero-order valence-corrected chi connectivity index (χ0v) is 12.4. The molecule has 1 fully saturated rings. The number of anilines is 1. The fourth-order valence-corrected chi connectivity index (χ4v) is 2.68. The van der Waals surface area contributed by atoms with E-state index in [1.807, 2.05) is 6.92 Å². The minimum atomic E-state index is -1.13. The summed E-state index contributed by atoms with van der Waals surface area (Å²) >= 11 is 0. The smallest absolute Gasteiger partial charge is 0.167 e. The first kappa shape index (κ1) is 15.1. The second-order valence-corrected chi connectivity index (χ2v) is 5.43. The van der Waals surface area contributed by atoms with Gasteiger partial charge in [0.1, 0.15) is 29.7 Å². The Balaban J connectivity index is 2.06. The number of nitrogens with zero attached hydrogens (tertiary/aromatic N) is 4. The van der Waals surface area contributed by atoms with Gasteiger partial charge in [-0.15, -0.1) is 0 Å². The van der Waals surface area contributed by atoms with Crippen LogP contribution in [0.5, 0.6) is 0 Å². The van der Waals surface area contributed by atoms with E-state index in [0.29, 0.717) is 17.8 Å². The van der Waals surface area contributed by atoms with Crippen LogP contribution in [-0.2, 0) is 9.47 Å². The van der Waals surface area contributed by atoms with Crippen molar-refractivity contribution in [1.82, 2.24) is 19.5 Å². The molecule has 3 unspecified atom stereocenters. The fourth-order valence-electron chi connectivity index (χ4n) is 2.68. The van der Waals surface area contributed by atoms with Gasteiger partial charge < -0.3 is 25.4 Å². The van der Waals surface area contributed by atoms with Crippen molar-refractivity contribution in [3.05, 3.63) is 12.7 Å². The van der Waals surface area contributed by atoms with Gasteiger partial charge in [0.05, 0.1) is 12.9 Å². The SMILES string of the molecule is CCOC1C(n2cnc3c(N)ncnc32)O[C@](C)(CO)C1O. The predicted octanol–water partition coefficient (Wildman–Crippen LogP) is -0.546.